The minimum Gasteiger partial charge on any atom is -0.461 e. The predicted octanol–water partition coefficient (Wildman–Crippen LogP) is 5.84. The second-order valence-corrected chi connectivity index (χ2v) is 9.09. The number of aryl methyl sites for hydroxylation is 5. The lowest BCUT2D eigenvalue weighted by Crippen LogP contribution is -2.18. The van der Waals surface area contributed by atoms with E-state index in [1.165, 1.54) is 0 Å². The predicted molar refractivity (Wildman–Crippen MR) is 136 cm³/mol. The van der Waals surface area contributed by atoms with Crippen LogP contribution in [0.4, 0.5) is 5.82 Å². The number of aromatic nitrogens is 2. The van der Waals surface area contributed by atoms with Gasteiger partial charge in [-0.1, -0.05) is 12.1 Å². The Kier molecular flexibility index (Phi) is 5.55. The zero-order chi connectivity index (χ0) is 24.9. The van der Waals surface area contributed by atoms with Gasteiger partial charge >= 0.3 is 5.63 Å². The van der Waals surface area contributed by atoms with Crippen LogP contribution < -0.4 is 10.9 Å². The molecule has 5 aromatic rings. The number of carbonyl (C=O) groups is 1. The van der Waals surface area contributed by atoms with Crippen LogP contribution in [0.2, 0.25) is 0 Å². The number of nitrogens with zero attached hydrogens (tertiary/aromatic N) is 2. The van der Waals surface area contributed by atoms with Crippen molar-refractivity contribution in [3.63, 3.8) is 0 Å². The summed E-state index contributed by atoms with van der Waals surface area (Å²) in [6.45, 7) is 9.72. The normalized spacial score (nSPS) is 11.5. The SMILES string of the molecule is Cc1cccc(-n2nc(C)cc2NC(=O)CCc2c(C)c3cc4c(C)c(C)oc4cc3oc2=O)c1. The Hall–Kier alpha value is -4.13. The van der Waals surface area contributed by atoms with Gasteiger partial charge in [-0.15, -0.1) is 0 Å². The Morgan fingerprint density at radius 2 is 1.69 bits per heavy atom. The molecule has 0 spiro atoms. The van der Waals surface area contributed by atoms with Crippen molar-refractivity contribution < 1.29 is 13.6 Å². The summed E-state index contributed by atoms with van der Waals surface area (Å²) in [6.07, 6.45) is 0.413. The molecule has 1 N–H and O–H groups in total. The molecule has 0 aliphatic heterocycles. The molecule has 5 rings (SSSR count). The van der Waals surface area contributed by atoms with Gasteiger partial charge in [0.2, 0.25) is 5.91 Å². The van der Waals surface area contributed by atoms with E-state index in [0.29, 0.717) is 22.5 Å². The van der Waals surface area contributed by atoms with Crippen molar-refractivity contribution in [2.24, 2.45) is 0 Å². The average molecular weight is 470 g/mol. The highest BCUT2D eigenvalue weighted by atomic mass is 16.4. The Morgan fingerprint density at radius 1 is 0.943 bits per heavy atom. The van der Waals surface area contributed by atoms with Gasteiger partial charge in [-0.05, 0) is 75.9 Å². The second-order valence-electron chi connectivity index (χ2n) is 9.09. The lowest BCUT2D eigenvalue weighted by molar-refractivity contribution is -0.116. The maximum atomic E-state index is 12.9. The first-order chi connectivity index (χ1) is 16.7. The fourth-order valence-corrected chi connectivity index (χ4v) is 4.50. The highest BCUT2D eigenvalue weighted by molar-refractivity contribution is 5.97. The van der Waals surface area contributed by atoms with Crippen molar-refractivity contribution >= 4 is 33.7 Å². The maximum Gasteiger partial charge on any atom is 0.339 e. The Morgan fingerprint density at radius 3 is 2.46 bits per heavy atom. The second kappa shape index (κ2) is 8.58. The number of fused-ring (bicyclic) bond motifs is 2. The van der Waals surface area contributed by atoms with Gasteiger partial charge in [0.25, 0.3) is 0 Å². The molecule has 7 heteroatoms. The molecule has 7 nitrogen and oxygen atoms in total. The van der Waals surface area contributed by atoms with E-state index in [9.17, 15) is 9.59 Å². The number of hydrogen-bond acceptors (Lipinski definition) is 5. The number of anilines is 1. The van der Waals surface area contributed by atoms with E-state index in [0.717, 1.165) is 44.6 Å². The molecular formula is C28H27N3O4. The van der Waals surface area contributed by atoms with E-state index in [4.69, 9.17) is 8.83 Å². The van der Waals surface area contributed by atoms with Crippen LogP contribution in [-0.4, -0.2) is 15.7 Å². The fraction of sp³-hybridized carbons (Fsp3) is 0.250. The summed E-state index contributed by atoms with van der Waals surface area (Å²) in [5.74, 6) is 1.23. The number of benzene rings is 2. The van der Waals surface area contributed by atoms with Crippen LogP contribution in [0.1, 0.15) is 40.1 Å². The molecule has 3 aromatic heterocycles. The highest BCUT2D eigenvalue weighted by Crippen LogP contribution is 2.31. The molecule has 2 aromatic carbocycles. The topological polar surface area (TPSA) is 90.3 Å². The standard InChI is InChI=1S/C28H27N3O4/c1-15-7-6-8-20(11-15)31-26(12-16(2)30-31)29-27(32)10-9-21-18(4)23-13-22-17(3)19(5)34-24(22)14-25(23)35-28(21)33/h6-8,11-14H,9-10H2,1-5H3,(H,29,32). The van der Waals surface area contributed by atoms with Crippen LogP contribution in [0.15, 0.2) is 56.1 Å². The quantitative estimate of drug-likeness (QED) is 0.327. The Balaban J connectivity index is 1.40. The lowest BCUT2D eigenvalue weighted by atomic mass is 10.0. The molecule has 1 amide bonds. The fourth-order valence-electron chi connectivity index (χ4n) is 4.50. The first kappa shape index (κ1) is 22.7. The van der Waals surface area contributed by atoms with Crippen molar-refractivity contribution in [2.45, 2.75) is 47.5 Å². The number of amides is 1. The van der Waals surface area contributed by atoms with Crippen molar-refractivity contribution in [2.75, 3.05) is 5.32 Å². The van der Waals surface area contributed by atoms with Gasteiger partial charge in [0, 0.05) is 34.9 Å². The van der Waals surface area contributed by atoms with Gasteiger partial charge in [-0.2, -0.15) is 5.10 Å². The third-order valence-electron chi connectivity index (χ3n) is 6.53. The van der Waals surface area contributed by atoms with Crippen LogP contribution in [-0.2, 0) is 11.2 Å². The van der Waals surface area contributed by atoms with E-state index in [1.807, 2.05) is 71.0 Å². The number of rotatable bonds is 5. The van der Waals surface area contributed by atoms with Crippen molar-refractivity contribution in [3.05, 3.63) is 86.6 Å². The van der Waals surface area contributed by atoms with Crippen LogP contribution in [0, 0.1) is 34.6 Å². The molecular weight excluding hydrogens is 442 g/mol. The third kappa shape index (κ3) is 4.14. The zero-order valence-corrected chi connectivity index (χ0v) is 20.5. The lowest BCUT2D eigenvalue weighted by Gasteiger charge is -2.10. The minimum absolute atomic E-state index is 0.140. The first-order valence-electron chi connectivity index (χ1n) is 11.6. The van der Waals surface area contributed by atoms with Gasteiger partial charge in [-0.3, -0.25) is 4.79 Å². The monoisotopic (exact) mass is 469 g/mol. The van der Waals surface area contributed by atoms with Gasteiger partial charge in [0.1, 0.15) is 22.7 Å². The van der Waals surface area contributed by atoms with Gasteiger partial charge in [-0.25, -0.2) is 9.48 Å². The Bertz CT molecular complexity index is 1670. The van der Waals surface area contributed by atoms with Crippen LogP contribution in [0.5, 0.6) is 0 Å². The van der Waals surface area contributed by atoms with E-state index in [1.54, 1.807) is 10.7 Å². The van der Waals surface area contributed by atoms with Gasteiger partial charge in [0.05, 0.1) is 11.4 Å². The van der Waals surface area contributed by atoms with E-state index in [-0.39, 0.29) is 18.7 Å². The molecule has 0 atom stereocenters. The number of nitrogens with one attached hydrogen (secondary N) is 1. The molecule has 0 aliphatic carbocycles. The first-order valence-corrected chi connectivity index (χ1v) is 11.6. The number of furan rings is 1. The Labute approximate surface area is 202 Å². The van der Waals surface area contributed by atoms with Crippen LogP contribution >= 0.6 is 0 Å². The zero-order valence-electron chi connectivity index (χ0n) is 20.5. The molecule has 178 valence electrons. The molecule has 0 aliphatic rings. The molecule has 35 heavy (non-hydrogen) atoms. The summed E-state index contributed by atoms with van der Waals surface area (Å²) in [4.78, 5) is 25.6. The molecule has 0 radical (unpaired) electrons. The summed E-state index contributed by atoms with van der Waals surface area (Å²) >= 11 is 0. The summed E-state index contributed by atoms with van der Waals surface area (Å²) < 4.78 is 13.1. The van der Waals surface area contributed by atoms with Crippen molar-refractivity contribution in [1.82, 2.24) is 9.78 Å². The summed E-state index contributed by atoms with van der Waals surface area (Å²) in [5, 5.41) is 9.31. The average Bonchev–Trinajstić information content (AvgIpc) is 3.30. The molecule has 0 fully saturated rings. The summed E-state index contributed by atoms with van der Waals surface area (Å²) in [7, 11) is 0. The van der Waals surface area contributed by atoms with E-state index < -0.39 is 5.63 Å². The molecule has 0 unspecified atom stereocenters. The van der Waals surface area contributed by atoms with Crippen molar-refractivity contribution in [1.29, 1.82) is 0 Å². The molecule has 0 saturated heterocycles. The molecule has 3 heterocycles. The minimum atomic E-state index is -0.428. The number of carbonyl (C=O) groups excluding carboxylic acids is 1. The third-order valence-corrected chi connectivity index (χ3v) is 6.53. The van der Waals surface area contributed by atoms with E-state index in [2.05, 4.69) is 10.4 Å². The summed E-state index contributed by atoms with van der Waals surface area (Å²) in [6, 6.07) is 13.5. The largest absolute Gasteiger partial charge is 0.461 e. The van der Waals surface area contributed by atoms with Gasteiger partial charge in [0.15, 0.2) is 0 Å². The number of hydrogen-bond donors (Lipinski definition) is 1. The smallest absolute Gasteiger partial charge is 0.339 e. The van der Waals surface area contributed by atoms with Gasteiger partial charge < -0.3 is 14.2 Å². The highest BCUT2D eigenvalue weighted by Gasteiger charge is 2.17. The van der Waals surface area contributed by atoms with Crippen LogP contribution in [0.3, 0.4) is 0 Å². The molecule has 0 bridgehead atoms. The van der Waals surface area contributed by atoms with Crippen molar-refractivity contribution in [3.8, 4) is 5.69 Å². The van der Waals surface area contributed by atoms with Crippen LogP contribution in [0.25, 0.3) is 27.6 Å². The molecule has 0 saturated carbocycles. The van der Waals surface area contributed by atoms with E-state index >= 15 is 0 Å². The maximum absolute atomic E-state index is 12.9. The summed E-state index contributed by atoms with van der Waals surface area (Å²) in [5.41, 5.74) is 5.92.